The summed E-state index contributed by atoms with van der Waals surface area (Å²) in [4.78, 5) is 11.6. The molecule has 17 heavy (non-hydrogen) atoms. The Morgan fingerprint density at radius 1 is 1.47 bits per heavy atom. The van der Waals surface area contributed by atoms with Crippen LogP contribution in [-0.2, 0) is 0 Å². The van der Waals surface area contributed by atoms with Crippen molar-refractivity contribution in [3.63, 3.8) is 0 Å². The van der Waals surface area contributed by atoms with Gasteiger partial charge in [-0.05, 0) is 26.0 Å². The van der Waals surface area contributed by atoms with Crippen molar-refractivity contribution in [3.05, 3.63) is 29.3 Å². The number of anilines is 1. The lowest BCUT2D eigenvalue weighted by atomic mass is 10.1. The van der Waals surface area contributed by atoms with E-state index in [1.165, 1.54) is 13.8 Å². The highest BCUT2D eigenvalue weighted by atomic mass is 19.2. The molecule has 4 nitrogen and oxygen atoms in total. The highest BCUT2D eigenvalue weighted by Crippen LogP contribution is 2.18. The van der Waals surface area contributed by atoms with Gasteiger partial charge in [0.15, 0.2) is 11.6 Å². The second-order valence-corrected chi connectivity index (χ2v) is 4.32. The molecule has 1 amide bonds. The van der Waals surface area contributed by atoms with Gasteiger partial charge in [-0.15, -0.1) is 0 Å². The molecule has 1 aromatic carbocycles. The first kappa shape index (κ1) is 13.4. The van der Waals surface area contributed by atoms with Crippen molar-refractivity contribution in [2.75, 3.05) is 12.3 Å². The van der Waals surface area contributed by atoms with Gasteiger partial charge in [0.05, 0.1) is 5.60 Å². The van der Waals surface area contributed by atoms with Crippen LogP contribution in [0.3, 0.4) is 0 Å². The minimum atomic E-state index is -1.29. The summed E-state index contributed by atoms with van der Waals surface area (Å²) >= 11 is 0. The van der Waals surface area contributed by atoms with Gasteiger partial charge in [0, 0.05) is 12.2 Å². The SMILES string of the molecule is CC(C)(O)CNC(=O)c1c(N)ccc(F)c1F. The maximum atomic E-state index is 13.4. The van der Waals surface area contributed by atoms with E-state index in [1.54, 1.807) is 0 Å². The zero-order valence-electron chi connectivity index (χ0n) is 9.55. The Balaban J connectivity index is 2.93. The molecule has 0 saturated heterocycles. The third-order valence-electron chi connectivity index (χ3n) is 2.04. The number of carbonyl (C=O) groups is 1. The molecule has 0 aromatic heterocycles. The summed E-state index contributed by atoms with van der Waals surface area (Å²) in [6.45, 7) is 2.85. The maximum Gasteiger partial charge on any atom is 0.256 e. The first-order valence-electron chi connectivity index (χ1n) is 4.96. The lowest BCUT2D eigenvalue weighted by Crippen LogP contribution is -2.38. The minimum Gasteiger partial charge on any atom is -0.398 e. The average molecular weight is 244 g/mol. The van der Waals surface area contributed by atoms with Gasteiger partial charge in [-0.3, -0.25) is 4.79 Å². The molecule has 0 bridgehead atoms. The van der Waals surface area contributed by atoms with Gasteiger partial charge < -0.3 is 16.2 Å². The lowest BCUT2D eigenvalue weighted by Gasteiger charge is -2.18. The van der Waals surface area contributed by atoms with Crippen LogP contribution < -0.4 is 11.1 Å². The van der Waals surface area contributed by atoms with Crippen LogP contribution in [0.2, 0.25) is 0 Å². The number of benzene rings is 1. The van der Waals surface area contributed by atoms with Crippen molar-refractivity contribution in [2.24, 2.45) is 0 Å². The van der Waals surface area contributed by atoms with Gasteiger partial charge >= 0.3 is 0 Å². The van der Waals surface area contributed by atoms with Crippen molar-refractivity contribution in [3.8, 4) is 0 Å². The first-order chi connectivity index (χ1) is 7.72. The minimum absolute atomic E-state index is 0.0960. The number of nitrogen functional groups attached to an aromatic ring is 1. The number of rotatable bonds is 3. The smallest absolute Gasteiger partial charge is 0.256 e. The number of aliphatic hydroxyl groups is 1. The van der Waals surface area contributed by atoms with Crippen LogP contribution in [0.4, 0.5) is 14.5 Å². The standard InChI is InChI=1S/C11H14F2N2O2/c1-11(2,17)5-15-10(16)8-7(14)4-3-6(12)9(8)13/h3-4,17H,5,14H2,1-2H3,(H,15,16). The third kappa shape index (κ3) is 3.39. The quantitative estimate of drug-likeness (QED) is 0.695. The van der Waals surface area contributed by atoms with Gasteiger partial charge in [-0.2, -0.15) is 0 Å². The Hall–Kier alpha value is -1.69. The van der Waals surface area contributed by atoms with E-state index in [0.717, 1.165) is 12.1 Å². The Morgan fingerprint density at radius 2 is 2.06 bits per heavy atom. The fraction of sp³-hybridized carbons (Fsp3) is 0.364. The second-order valence-electron chi connectivity index (χ2n) is 4.32. The Labute approximate surface area is 97.4 Å². The number of halogens is 2. The summed E-state index contributed by atoms with van der Waals surface area (Å²) in [7, 11) is 0. The number of nitrogens with two attached hydrogens (primary N) is 1. The molecule has 0 aliphatic rings. The Morgan fingerprint density at radius 3 is 2.59 bits per heavy atom. The predicted molar refractivity (Wildman–Crippen MR) is 59.4 cm³/mol. The molecule has 0 saturated carbocycles. The molecule has 0 atom stereocenters. The molecule has 0 spiro atoms. The molecule has 94 valence electrons. The van der Waals surface area contributed by atoms with Crippen LogP contribution in [-0.4, -0.2) is 23.2 Å². The van der Waals surface area contributed by atoms with E-state index in [2.05, 4.69) is 5.32 Å². The van der Waals surface area contributed by atoms with E-state index in [0.29, 0.717) is 0 Å². The second kappa shape index (κ2) is 4.67. The largest absolute Gasteiger partial charge is 0.398 e. The molecule has 0 aliphatic carbocycles. The summed E-state index contributed by atoms with van der Waals surface area (Å²) in [5.74, 6) is -3.30. The van der Waals surface area contributed by atoms with E-state index in [9.17, 15) is 18.7 Å². The predicted octanol–water partition coefficient (Wildman–Crippen LogP) is 1.05. The summed E-state index contributed by atoms with van der Waals surface area (Å²) in [6.07, 6.45) is 0. The number of hydrogen-bond donors (Lipinski definition) is 3. The summed E-state index contributed by atoms with van der Waals surface area (Å²) in [6, 6.07) is 1.95. The number of hydrogen-bond acceptors (Lipinski definition) is 3. The first-order valence-corrected chi connectivity index (χ1v) is 4.96. The fourth-order valence-corrected chi connectivity index (χ4v) is 1.18. The Bertz CT molecular complexity index is 442. The van der Waals surface area contributed by atoms with Crippen molar-refractivity contribution in [2.45, 2.75) is 19.4 Å². The molecular formula is C11H14F2N2O2. The number of carbonyl (C=O) groups excluding carboxylic acids is 1. The molecule has 0 unspecified atom stereocenters. The van der Waals surface area contributed by atoms with Gasteiger partial charge in [0.2, 0.25) is 0 Å². The molecular weight excluding hydrogens is 230 g/mol. The van der Waals surface area contributed by atoms with E-state index >= 15 is 0 Å². The van der Waals surface area contributed by atoms with E-state index < -0.39 is 28.7 Å². The van der Waals surface area contributed by atoms with Crippen LogP contribution in [0, 0.1) is 11.6 Å². The summed E-state index contributed by atoms with van der Waals surface area (Å²) in [5, 5.41) is 11.7. The maximum absolute atomic E-state index is 13.4. The van der Waals surface area contributed by atoms with Crippen LogP contribution in [0.1, 0.15) is 24.2 Å². The van der Waals surface area contributed by atoms with Crippen molar-refractivity contribution in [1.29, 1.82) is 0 Å². The van der Waals surface area contributed by atoms with Gasteiger partial charge in [0.25, 0.3) is 5.91 Å². The van der Waals surface area contributed by atoms with Gasteiger partial charge in [-0.1, -0.05) is 0 Å². The van der Waals surface area contributed by atoms with Crippen LogP contribution >= 0.6 is 0 Å². The highest BCUT2D eigenvalue weighted by Gasteiger charge is 2.21. The van der Waals surface area contributed by atoms with Crippen LogP contribution in [0.5, 0.6) is 0 Å². The molecule has 0 fully saturated rings. The average Bonchev–Trinajstić information content (AvgIpc) is 2.20. The van der Waals surface area contributed by atoms with Gasteiger partial charge in [0.1, 0.15) is 5.56 Å². The van der Waals surface area contributed by atoms with Crippen LogP contribution in [0.25, 0.3) is 0 Å². The summed E-state index contributed by atoms with van der Waals surface area (Å²) < 4.78 is 26.3. The molecule has 1 aromatic rings. The van der Waals surface area contributed by atoms with E-state index in [4.69, 9.17) is 5.73 Å². The zero-order valence-corrected chi connectivity index (χ0v) is 9.55. The number of amides is 1. The topological polar surface area (TPSA) is 75.3 Å². The highest BCUT2D eigenvalue weighted by molar-refractivity contribution is 5.99. The van der Waals surface area contributed by atoms with Gasteiger partial charge in [-0.25, -0.2) is 8.78 Å². The molecule has 0 aliphatic heterocycles. The molecule has 1 rings (SSSR count). The Kier molecular flexibility index (Phi) is 3.67. The molecule has 0 heterocycles. The molecule has 6 heteroatoms. The normalized spacial score (nSPS) is 11.4. The fourth-order valence-electron chi connectivity index (χ4n) is 1.18. The van der Waals surface area contributed by atoms with E-state index in [-0.39, 0.29) is 12.2 Å². The molecule has 4 N–H and O–H groups in total. The number of nitrogens with one attached hydrogen (secondary N) is 1. The van der Waals surface area contributed by atoms with Crippen molar-refractivity contribution >= 4 is 11.6 Å². The third-order valence-corrected chi connectivity index (χ3v) is 2.04. The zero-order chi connectivity index (χ0) is 13.2. The monoisotopic (exact) mass is 244 g/mol. The van der Waals surface area contributed by atoms with Crippen LogP contribution in [0.15, 0.2) is 12.1 Å². The van der Waals surface area contributed by atoms with Crippen molar-refractivity contribution in [1.82, 2.24) is 5.32 Å². The lowest BCUT2D eigenvalue weighted by molar-refractivity contribution is 0.0692. The molecule has 0 radical (unpaired) electrons. The van der Waals surface area contributed by atoms with E-state index in [1.807, 2.05) is 0 Å². The summed E-state index contributed by atoms with van der Waals surface area (Å²) in [5.41, 5.74) is 3.55. The van der Waals surface area contributed by atoms with Crippen molar-refractivity contribution < 1.29 is 18.7 Å².